The Balaban J connectivity index is 2.38. The van der Waals surface area contributed by atoms with Crippen LogP contribution in [0, 0.1) is 5.41 Å². The van der Waals surface area contributed by atoms with Crippen LogP contribution in [-0.4, -0.2) is 5.90 Å². The molecule has 0 aliphatic rings. The zero-order valence-corrected chi connectivity index (χ0v) is 7.21. The highest BCUT2D eigenvalue weighted by Gasteiger charge is 1.94. The molecule has 0 spiro atoms. The van der Waals surface area contributed by atoms with Gasteiger partial charge < -0.3 is 4.74 Å². The van der Waals surface area contributed by atoms with Gasteiger partial charge in [0.1, 0.15) is 6.61 Å². The van der Waals surface area contributed by atoms with Gasteiger partial charge in [-0.3, -0.25) is 5.41 Å². The van der Waals surface area contributed by atoms with Crippen LogP contribution in [0.25, 0.3) is 0 Å². The van der Waals surface area contributed by atoms with Crippen LogP contribution in [-0.2, 0) is 11.3 Å². The van der Waals surface area contributed by atoms with Crippen LogP contribution < -0.4 is 0 Å². The molecule has 0 atom stereocenters. The van der Waals surface area contributed by atoms with Crippen LogP contribution in [0.2, 0.25) is 0 Å². The predicted octanol–water partition coefficient (Wildman–Crippen LogP) is 2.59. The second-order valence-corrected chi connectivity index (χ2v) is 2.55. The first kappa shape index (κ1) is 8.78. The molecule has 64 valence electrons. The van der Waals surface area contributed by atoms with Gasteiger partial charge in [0.2, 0.25) is 0 Å². The molecule has 0 saturated carbocycles. The van der Waals surface area contributed by atoms with E-state index in [-0.39, 0.29) is 0 Å². The summed E-state index contributed by atoms with van der Waals surface area (Å²) < 4.78 is 5.16. The minimum Gasteiger partial charge on any atom is -0.476 e. The molecule has 2 nitrogen and oxygen atoms in total. The van der Waals surface area contributed by atoms with E-state index in [0.29, 0.717) is 18.9 Å². The highest BCUT2D eigenvalue weighted by molar-refractivity contribution is 5.72. The fourth-order valence-electron chi connectivity index (χ4n) is 0.847. The zero-order valence-electron chi connectivity index (χ0n) is 7.21. The van der Waals surface area contributed by atoms with E-state index in [1.54, 1.807) is 0 Å². The van der Waals surface area contributed by atoms with Crippen molar-refractivity contribution >= 4 is 5.90 Å². The number of hydrogen-bond acceptors (Lipinski definition) is 2. The Morgan fingerprint density at radius 2 is 2.00 bits per heavy atom. The Morgan fingerprint density at radius 1 is 1.33 bits per heavy atom. The third-order valence-electron chi connectivity index (χ3n) is 1.58. The summed E-state index contributed by atoms with van der Waals surface area (Å²) in [5, 5.41) is 7.26. The van der Waals surface area contributed by atoms with Gasteiger partial charge in [-0.1, -0.05) is 37.3 Å². The first-order valence-corrected chi connectivity index (χ1v) is 4.07. The number of nitrogens with one attached hydrogen (secondary N) is 1. The molecule has 1 aromatic rings. The van der Waals surface area contributed by atoms with Gasteiger partial charge in [-0.2, -0.15) is 0 Å². The van der Waals surface area contributed by atoms with E-state index in [2.05, 4.69) is 0 Å². The monoisotopic (exact) mass is 163 g/mol. The van der Waals surface area contributed by atoms with E-state index >= 15 is 0 Å². The van der Waals surface area contributed by atoms with Crippen LogP contribution >= 0.6 is 0 Å². The summed E-state index contributed by atoms with van der Waals surface area (Å²) in [5.41, 5.74) is 1.11. The summed E-state index contributed by atoms with van der Waals surface area (Å²) in [6.07, 6.45) is 0.660. The molecule has 2 heteroatoms. The van der Waals surface area contributed by atoms with Crippen LogP contribution in [0.5, 0.6) is 0 Å². The normalized spacial score (nSPS) is 9.42. The highest BCUT2D eigenvalue weighted by Crippen LogP contribution is 2.01. The Hall–Kier alpha value is -1.31. The molecule has 0 saturated heterocycles. The minimum atomic E-state index is 0.346. The molecule has 0 aromatic heterocycles. The lowest BCUT2D eigenvalue weighted by Crippen LogP contribution is -2.00. The average Bonchev–Trinajstić information content (AvgIpc) is 2.16. The van der Waals surface area contributed by atoms with Crippen LogP contribution in [0.4, 0.5) is 0 Å². The van der Waals surface area contributed by atoms with Gasteiger partial charge in [0, 0.05) is 6.42 Å². The van der Waals surface area contributed by atoms with E-state index in [1.807, 2.05) is 37.3 Å². The molecule has 0 unspecified atom stereocenters. The summed E-state index contributed by atoms with van der Waals surface area (Å²) in [7, 11) is 0. The minimum absolute atomic E-state index is 0.346. The van der Waals surface area contributed by atoms with Crippen molar-refractivity contribution in [1.29, 1.82) is 5.41 Å². The van der Waals surface area contributed by atoms with Crippen molar-refractivity contribution in [2.45, 2.75) is 20.0 Å². The molecule has 1 aromatic carbocycles. The van der Waals surface area contributed by atoms with E-state index in [9.17, 15) is 0 Å². The first-order chi connectivity index (χ1) is 5.83. The fraction of sp³-hybridized carbons (Fsp3) is 0.300. The van der Waals surface area contributed by atoms with Crippen molar-refractivity contribution in [1.82, 2.24) is 0 Å². The maximum atomic E-state index is 7.26. The first-order valence-electron chi connectivity index (χ1n) is 4.07. The van der Waals surface area contributed by atoms with E-state index in [1.165, 1.54) is 0 Å². The lowest BCUT2D eigenvalue weighted by atomic mass is 10.2. The lowest BCUT2D eigenvalue weighted by Gasteiger charge is -2.04. The highest BCUT2D eigenvalue weighted by atomic mass is 16.5. The van der Waals surface area contributed by atoms with Crippen LogP contribution in [0.3, 0.4) is 0 Å². The zero-order chi connectivity index (χ0) is 8.81. The number of rotatable bonds is 3. The Kier molecular flexibility index (Phi) is 3.33. The van der Waals surface area contributed by atoms with Gasteiger partial charge in [-0.25, -0.2) is 0 Å². The third kappa shape index (κ3) is 2.74. The Labute approximate surface area is 72.7 Å². The predicted molar refractivity (Wildman–Crippen MR) is 49.2 cm³/mol. The molecular weight excluding hydrogens is 150 g/mol. The molecule has 0 radical (unpaired) electrons. The van der Waals surface area contributed by atoms with E-state index in [4.69, 9.17) is 10.1 Å². The largest absolute Gasteiger partial charge is 0.476 e. The second kappa shape index (κ2) is 4.54. The summed E-state index contributed by atoms with van der Waals surface area (Å²) in [5.74, 6) is 0.346. The van der Waals surface area contributed by atoms with Gasteiger partial charge in [0.25, 0.3) is 0 Å². The van der Waals surface area contributed by atoms with Crippen LogP contribution in [0.15, 0.2) is 30.3 Å². The summed E-state index contributed by atoms with van der Waals surface area (Å²) in [6.45, 7) is 2.42. The number of hydrogen-bond donors (Lipinski definition) is 1. The summed E-state index contributed by atoms with van der Waals surface area (Å²) in [4.78, 5) is 0. The molecule has 0 aliphatic carbocycles. The molecule has 1 rings (SSSR count). The van der Waals surface area contributed by atoms with Crippen molar-refractivity contribution in [3.8, 4) is 0 Å². The molecule has 0 fully saturated rings. The lowest BCUT2D eigenvalue weighted by molar-refractivity contribution is 0.282. The van der Waals surface area contributed by atoms with E-state index < -0.39 is 0 Å². The Morgan fingerprint density at radius 3 is 2.58 bits per heavy atom. The quantitative estimate of drug-likeness (QED) is 0.539. The van der Waals surface area contributed by atoms with Crippen molar-refractivity contribution in [3.05, 3.63) is 35.9 Å². The van der Waals surface area contributed by atoms with Crippen molar-refractivity contribution < 1.29 is 4.74 Å². The van der Waals surface area contributed by atoms with Crippen molar-refractivity contribution in [2.75, 3.05) is 0 Å². The van der Waals surface area contributed by atoms with Gasteiger partial charge in [0.05, 0.1) is 0 Å². The van der Waals surface area contributed by atoms with Gasteiger partial charge in [-0.05, 0) is 5.56 Å². The van der Waals surface area contributed by atoms with Gasteiger partial charge in [0.15, 0.2) is 5.90 Å². The molecule has 0 bridgehead atoms. The third-order valence-corrected chi connectivity index (χ3v) is 1.58. The van der Waals surface area contributed by atoms with Gasteiger partial charge in [-0.15, -0.1) is 0 Å². The fourth-order valence-corrected chi connectivity index (χ4v) is 0.847. The molecular formula is C10H13NO. The van der Waals surface area contributed by atoms with Crippen molar-refractivity contribution in [3.63, 3.8) is 0 Å². The molecule has 0 amide bonds. The second-order valence-electron chi connectivity index (χ2n) is 2.55. The van der Waals surface area contributed by atoms with Crippen molar-refractivity contribution in [2.24, 2.45) is 0 Å². The maximum Gasteiger partial charge on any atom is 0.180 e. The average molecular weight is 163 g/mol. The van der Waals surface area contributed by atoms with Crippen LogP contribution in [0.1, 0.15) is 18.9 Å². The maximum absolute atomic E-state index is 7.26. The summed E-state index contributed by atoms with van der Waals surface area (Å²) in [6, 6.07) is 9.88. The number of ether oxygens (including phenoxy) is 1. The number of benzene rings is 1. The standard InChI is InChI=1S/C10H13NO/c1-2-10(11)12-8-9-6-4-3-5-7-9/h3-7,11H,2,8H2,1H3. The molecule has 1 N–H and O–H groups in total. The Bertz CT molecular complexity index is 243. The smallest absolute Gasteiger partial charge is 0.180 e. The SMILES string of the molecule is CCC(=N)OCc1ccccc1. The van der Waals surface area contributed by atoms with Gasteiger partial charge >= 0.3 is 0 Å². The van der Waals surface area contributed by atoms with E-state index in [0.717, 1.165) is 5.56 Å². The topological polar surface area (TPSA) is 33.1 Å². The summed E-state index contributed by atoms with van der Waals surface area (Å²) >= 11 is 0. The molecule has 0 aliphatic heterocycles. The molecule has 12 heavy (non-hydrogen) atoms. The molecule has 0 heterocycles.